The number of ether oxygens (including phenoxy) is 1. The van der Waals surface area contributed by atoms with Crippen molar-refractivity contribution in [3.8, 4) is 0 Å². The molecule has 2 rings (SSSR count). The summed E-state index contributed by atoms with van der Waals surface area (Å²) in [5.74, 6) is -0.845. The van der Waals surface area contributed by atoms with Crippen LogP contribution < -0.4 is 0 Å². The first-order chi connectivity index (χ1) is 7.99. The molecular formula is C12H17NO3S. The molecule has 4 nitrogen and oxygen atoms in total. The van der Waals surface area contributed by atoms with Gasteiger partial charge in [-0.25, -0.2) is 4.79 Å². The largest absolute Gasteiger partial charge is 0.477 e. The summed E-state index contributed by atoms with van der Waals surface area (Å²) in [5, 5.41) is 8.88. The molecular weight excluding hydrogens is 238 g/mol. The fraction of sp³-hybridized carbons (Fsp3) is 0.583. The molecule has 0 amide bonds. The van der Waals surface area contributed by atoms with Crippen LogP contribution in [0, 0.1) is 0 Å². The average molecular weight is 255 g/mol. The van der Waals surface area contributed by atoms with E-state index in [1.54, 1.807) is 6.07 Å². The first-order valence-electron chi connectivity index (χ1n) is 5.64. The standard InChI is InChI=1S/C12H17NO3S/c1-12(2)8-16-6-5-13(12)7-9-3-4-10(17-9)11(14)15/h3-4H,5-8H2,1-2H3,(H,14,15). The smallest absolute Gasteiger partial charge is 0.345 e. The minimum atomic E-state index is -0.845. The van der Waals surface area contributed by atoms with Gasteiger partial charge in [-0.15, -0.1) is 11.3 Å². The summed E-state index contributed by atoms with van der Waals surface area (Å²) in [5.41, 5.74) is 0.0195. The van der Waals surface area contributed by atoms with Crippen molar-refractivity contribution in [2.24, 2.45) is 0 Å². The molecule has 5 heteroatoms. The van der Waals surface area contributed by atoms with Gasteiger partial charge in [0, 0.05) is 23.5 Å². The van der Waals surface area contributed by atoms with Crippen molar-refractivity contribution in [3.63, 3.8) is 0 Å². The number of hydrogen-bond acceptors (Lipinski definition) is 4. The number of nitrogens with zero attached hydrogens (tertiary/aromatic N) is 1. The number of hydrogen-bond donors (Lipinski definition) is 1. The highest BCUT2D eigenvalue weighted by Gasteiger charge is 2.30. The Morgan fingerprint density at radius 3 is 2.94 bits per heavy atom. The lowest BCUT2D eigenvalue weighted by molar-refractivity contribution is -0.0548. The third-order valence-corrected chi connectivity index (χ3v) is 4.09. The Bertz CT molecular complexity index is 414. The maximum absolute atomic E-state index is 10.8. The molecule has 0 aliphatic carbocycles. The normalized spacial score (nSPS) is 20.4. The molecule has 17 heavy (non-hydrogen) atoms. The van der Waals surface area contributed by atoms with Crippen LogP contribution in [-0.2, 0) is 11.3 Å². The predicted octanol–water partition coefficient (Wildman–Crippen LogP) is 2.06. The Labute approximate surface area is 105 Å². The van der Waals surface area contributed by atoms with Gasteiger partial charge in [0.15, 0.2) is 0 Å². The van der Waals surface area contributed by atoms with E-state index in [1.165, 1.54) is 11.3 Å². The summed E-state index contributed by atoms with van der Waals surface area (Å²) in [4.78, 5) is 14.7. The molecule has 1 fully saturated rings. The second-order valence-electron chi connectivity index (χ2n) is 4.86. The fourth-order valence-electron chi connectivity index (χ4n) is 1.95. The first kappa shape index (κ1) is 12.5. The summed E-state index contributed by atoms with van der Waals surface area (Å²) >= 11 is 1.35. The monoisotopic (exact) mass is 255 g/mol. The molecule has 0 atom stereocenters. The zero-order valence-corrected chi connectivity index (χ0v) is 10.9. The zero-order valence-electron chi connectivity index (χ0n) is 10.1. The molecule has 2 heterocycles. The maximum Gasteiger partial charge on any atom is 0.345 e. The van der Waals surface area contributed by atoms with Crippen molar-refractivity contribution in [1.82, 2.24) is 4.90 Å². The van der Waals surface area contributed by atoms with E-state index in [4.69, 9.17) is 9.84 Å². The Balaban J connectivity index is 2.06. The Morgan fingerprint density at radius 2 is 2.35 bits per heavy atom. The van der Waals surface area contributed by atoms with E-state index >= 15 is 0 Å². The van der Waals surface area contributed by atoms with Crippen LogP contribution in [0.3, 0.4) is 0 Å². The molecule has 0 aromatic carbocycles. The van der Waals surface area contributed by atoms with E-state index in [2.05, 4.69) is 18.7 Å². The molecule has 1 aromatic heterocycles. The minimum Gasteiger partial charge on any atom is -0.477 e. The highest BCUT2D eigenvalue weighted by atomic mass is 32.1. The molecule has 0 spiro atoms. The summed E-state index contributed by atoms with van der Waals surface area (Å²) in [7, 11) is 0. The van der Waals surface area contributed by atoms with Crippen molar-refractivity contribution >= 4 is 17.3 Å². The lowest BCUT2D eigenvalue weighted by Gasteiger charge is -2.41. The van der Waals surface area contributed by atoms with Crippen LogP contribution in [0.2, 0.25) is 0 Å². The second-order valence-corrected chi connectivity index (χ2v) is 6.03. The topological polar surface area (TPSA) is 49.8 Å². The number of carbonyl (C=O) groups is 1. The number of morpholine rings is 1. The van der Waals surface area contributed by atoms with Gasteiger partial charge in [-0.2, -0.15) is 0 Å². The fourth-order valence-corrected chi connectivity index (χ4v) is 2.81. The molecule has 0 saturated carbocycles. The van der Waals surface area contributed by atoms with Crippen molar-refractivity contribution in [3.05, 3.63) is 21.9 Å². The van der Waals surface area contributed by atoms with Gasteiger partial charge in [-0.1, -0.05) is 0 Å². The van der Waals surface area contributed by atoms with Gasteiger partial charge < -0.3 is 9.84 Å². The number of aromatic carboxylic acids is 1. The summed E-state index contributed by atoms with van der Waals surface area (Å²) in [6.45, 7) is 7.47. The van der Waals surface area contributed by atoms with Crippen molar-refractivity contribution in [1.29, 1.82) is 0 Å². The highest BCUT2D eigenvalue weighted by molar-refractivity contribution is 7.13. The van der Waals surface area contributed by atoms with E-state index in [9.17, 15) is 4.79 Å². The van der Waals surface area contributed by atoms with Crippen LogP contribution in [0.5, 0.6) is 0 Å². The van der Waals surface area contributed by atoms with Crippen molar-refractivity contribution in [2.45, 2.75) is 25.9 Å². The van der Waals surface area contributed by atoms with E-state index in [0.717, 1.165) is 31.2 Å². The van der Waals surface area contributed by atoms with Crippen LogP contribution in [0.1, 0.15) is 28.4 Å². The quantitative estimate of drug-likeness (QED) is 0.898. The zero-order chi connectivity index (χ0) is 12.5. The number of carboxylic acid groups (broad SMARTS) is 1. The molecule has 0 unspecified atom stereocenters. The van der Waals surface area contributed by atoms with Gasteiger partial charge in [0.25, 0.3) is 0 Å². The predicted molar refractivity (Wildman–Crippen MR) is 66.6 cm³/mol. The van der Waals surface area contributed by atoms with Gasteiger partial charge in [0.2, 0.25) is 0 Å². The third-order valence-electron chi connectivity index (χ3n) is 3.04. The van der Waals surface area contributed by atoms with Crippen molar-refractivity contribution in [2.75, 3.05) is 19.8 Å². The van der Waals surface area contributed by atoms with Crippen LogP contribution in [-0.4, -0.2) is 41.3 Å². The second kappa shape index (κ2) is 4.76. The van der Waals surface area contributed by atoms with Gasteiger partial charge >= 0.3 is 5.97 Å². The Morgan fingerprint density at radius 1 is 1.59 bits per heavy atom. The van der Waals surface area contributed by atoms with Gasteiger partial charge in [-0.3, -0.25) is 4.90 Å². The van der Waals surface area contributed by atoms with Crippen LogP contribution in [0.4, 0.5) is 0 Å². The lowest BCUT2D eigenvalue weighted by Crippen LogP contribution is -2.52. The van der Waals surface area contributed by atoms with Gasteiger partial charge in [0.1, 0.15) is 4.88 Å². The van der Waals surface area contributed by atoms with E-state index in [1.807, 2.05) is 6.07 Å². The summed E-state index contributed by atoms with van der Waals surface area (Å²) in [6, 6.07) is 3.58. The molecule has 1 aliphatic rings. The van der Waals surface area contributed by atoms with E-state index < -0.39 is 5.97 Å². The number of carboxylic acids is 1. The van der Waals surface area contributed by atoms with Crippen molar-refractivity contribution < 1.29 is 14.6 Å². The molecule has 0 bridgehead atoms. The summed E-state index contributed by atoms with van der Waals surface area (Å²) in [6.07, 6.45) is 0. The van der Waals surface area contributed by atoms with Crippen LogP contribution in [0.15, 0.2) is 12.1 Å². The van der Waals surface area contributed by atoms with Gasteiger partial charge in [-0.05, 0) is 26.0 Å². The molecule has 0 radical (unpaired) electrons. The van der Waals surface area contributed by atoms with Crippen LogP contribution >= 0.6 is 11.3 Å². The molecule has 1 N–H and O–H groups in total. The third kappa shape index (κ3) is 2.86. The molecule has 1 saturated heterocycles. The van der Waals surface area contributed by atoms with E-state index in [0.29, 0.717) is 4.88 Å². The Kier molecular flexibility index (Phi) is 3.51. The molecule has 1 aliphatic heterocycles. The van der Waals surface area contributed by atoms with Gasteiger partial charge in [0.05, 0.1) is 13.2 Å². The Hall–Kier alpha value is -0.910. The first-order valence-corrected chi connectivity index (χ1v) is 6.45. The lowest BCUT2D eigenvalue weighted by atomic mass is 10.0. The van der Waals surface area contributed by atoms with Crippen LogP contribution in [0.25, 0.3) is 0 Å². The molecule has 94 valence electrons. The summed E-state index contributed by atoms with van der Waals surface area (Å²) < 4.78 is 5.46. The number of thiophene rings is 1. The maximum atomic E-state index is 10.8. The molecule has 1 aromatic rings. The number of rotatable bonds is 3. The minimum absolute atomic E-state index is 0.0195. The SMILES string of the molecule is CC1(C)COCCN1Cc1ccc(C(=O)O)s1. The highest BCUT2D eigenvalue weighted by Crippen LogP contribution is 2.25. The average Bonchev–Trinajstić information content (AvgIpc) is 2.70. The van der Waals surface area contributed by atoms with E-state index in [-0.39, 0.29) is 5.54 Å².